The highest BCUT2D eigenvalue weighted by molar-refractivity contribution is 5.64. The Kier molecular flexibility index (Phi) is 8.68. The number of halogens is 3. The van der Waals surface area contributed by atoms with Gasteiger partial charge in [-0.05, 0) is 91.2 Å². The molecule has 4 rings (SSSR count). The quantitative estimate of drug-likeness (QED) is 0.280. The van der Waals surface area contributed by atoms with E-state index in [2.05, 4.69) is 48.5 Å². The van der Waals surface area contributed by atoms with Gasteiger partial charge in [0.15, 0.2) is 11.6 Å². The number of benzene rings is 3. The Hall–Kier alpha value is -3.01. The van der Waals surface area contributed by atoms with Gasteiger partial charge < -0.3 is 4.74 Å². The van der Waals surface area contributed by atoms with E-state index in [4.69, 9.17) is 4.74 Å². The van der Waals surface area contributed by atoms with Crippen LogP contribution in [0, 0.1) is 17.6 Å². The fourth-order valence-electron chi connectivity index (χ4n) is 5.01. The monoisotopic (exact) mass is 478 g/mol. The molecule has 35 heavy (non-hydrogen) atoms. The maximum atomic E-state index is 14.3. The number of ether oxygens (including phenoxy) is 1. The number of aryl methyl sites for hydroxylation is 2. The lowest BCUT2D eigenvalue weighted by molar-refractivity contribution is 0.313. The minimum atomic E-state index is -0.912. The van der Waals surface area contributed by atoms with Gasteiger partial charge in [-0.15, -0.1) is 0 Å². The van der Waals surface area contributed by atoms with Crippen molar-refractivity contribution < 1.29 is 17.9 Å². The minimum absolute atomic E-state index is 0.0393. The molecule has 4 heteroatoms. The largest absolute Gasteiger partial charge is 0.491 e. The molecule has 0 N–H and O–H groups in total. The van der Waals surface area contributed by atoms with Crippen molar-refractivity contribution in [2.24, 2.45) is 5.92 Å². The van der Waals surface area contributed by atoms with Crippen LogP contribution < -0.4 is 4.74 Å². The van der Waals surface area contributed by atoms with Crippen molar-refractivity contribution in [3.05, 3.63) is 101 Å². The van der Waals surface area contributed by atoms with E-state index in [1.165, 1.54) is 17.2 Å². The van der Waals surface area contributed by atoms with Crippen LogP contribution in [-0.4, -0.2) is 13.3 Å². The summed E-state index contributed by atoms with van der Waals surface area (Å²) in [7, 11) is 0. The standard InChI is InChI=1S/C31H33F3O/c1-2-35-29-20-19-28(30(33)31(29)34)14-9-23-7-12-25(13-8-23)27-17-15-26(16-18-27)24-10-5-22(6-11-24)4-3-21-32/h3-4,7-8,12-13,15-20,22,24H,2,5-6,9-11,14,21H2,1H3/b4-3+. The molecule has 0 aromatic heterocycles. The maximum absolute atomic E-state index is 14.3. The first-order valence-corrected chi connectivity index (χ1v) is 12.6. The van der Waals surface area contributed by atoms with Crippen molar-refractivity contribution in [2.45, 2.75) is 51.4 Å². The van der Waals surface area contributed by atoms with Gasteiger partial charge in [0.25, 0.3) is 0 Å². The maximum Gasteiger partial charge on any atom is 0.200 e. The molecule has 0 radical (unpaired) electrons. The first kappa shape index (κ1) is 25.1. The zero-order valence-electron chi connectivity index (χ0n) is 20.3. The van der Waals surface area contributed by atoms with Crippen LogP contribution >= 0.6 is 0 Å². The summed E-state index contributed by atoms with van der Waals surface area (Å²) in [5.41, 5.74) is 5.12. The molecule has 1 aliphatic rings. The molecule has 0 aliphatic heterocycles. The third-order valence-electron chi connectivity index (χ3n) is 7.05. The molecule has 3 aromatic rings. The molecule has 1 fully saturated rings. The van der Waals surface area contributed by atoms with E-state index >= 15 is 0 Å². The molecule has 0 saturated heterocycles. The van der Waals surface area contributed by atoms with E-state index in [0.29, 0.717) is 36.8 Å². The van der Waals surface area contributed by atoms with E-state index < -0.39 is 11.6 Å². The van der Waals surface area contributed by atoms with Gasteiger partial charge in [0, 0.05) is 0 Å². The summed E-state index contributed by atoms with van der Waals surface area (Å²) in [6.45, 7) is 1.67. The highest BCUT2D eigenvalue weighted by Crippen LogP contribution is 2.37. The number of hydrogen-bond donors (Lipinski definition) is 0. The summed E-state index contributed by atoms with van der Waals surface area (Å²) in [4.78, 5) is 0. The van der Waals surface area contributed by atoms with Crippen LogP contribution in [0.25, 0.3) is 11.1 Å². The molecule has 0 spiro atoms. The van der Waals surface area contributed by atoms with Gasteiger partial charge in [-0.2, -0.15) is 4.39 Å². The lowest BCUT2D eigenvalue weighted by Crippen LogP contribution is -2.11. The van der Waals surface area contributed by atoms with Crippen LogP contribution in [0.2, 0.25) is 0 Å². The molecule has 0 heterocycles. The predicted octanol–water partition coefficient (Wildman–Crippen LogP) is 8.62. The second-order valence-electron chi connectivity index (χ2n) is 9.30. The lowest BCUT2D eigenvalue weighted by Gasteiger charge is -2.27. The van der Waals surface area contributed by atoms with Crippen LogP contribution in [0.1, 0.15) is 55.2 Å². The van der Waals surface area contributed by atoms with E-state index in [0.717, 1.165) is 36.8 Å². The van der Waals surface area contributed by atoms with Crippen LogP contribution in [0.15, 0.2) is 72.8 Å². The lowest BCUT2D eigenvalue weighted by atomic mass is 9.78. The van der Waals surface area contributed by atoms with Gasteiger partial charge in [-0.25, -0.2) is 8.78 Å². The van der Waals surface area contributed by atoms with Crippen molar-refractivity contribution in [3.63, 3.8) is 0 Å². The number of rotatable bonds is 9. The van der Waals surface area contributed by atoms with E-state index in [9.17, 15) is 13.2 Å². The smallest absolute Gasteiger partial charge is 0.200 e. The Morgan fingerprint density at radius 2 is 1.46 bits per heavy atom. The third-order valence-corrected chi connectivity index (χ3v) is 7.05. The van der Waals surface area contributed by atoms with Crippen molar-refractivity contribution in [2.75, 3.05) is 13.3 Å². The Balaban J connectivity index is 1.34. The fraction of sp³-hybridized carbons (Fsp3) is 0.355. The molecular formula is C31H33F3O. The Labute approximate surface area is 206 Å². The van der Waals surface area contributed by atoms with Gasteiger partial charge in [-0.1, -0.05) is 66.7 Å². The fourth-order valence-corrected chi connectivity index (χ4v) is 5.01. The summed E-state index contributed by atoms with van der Waals surface area (Å²) in [6.07, 6.45) is 9.28. The zero-order valence-corrected chi connectivity index (χ0v) is 20.3. The average molecular weight is 479 g/mol. The van der Waals surface area contributed by atoms with Crippen molar-refractivity contribution in [3.8, 4) is 16.9 Å². The van der Waals surface area contributed by atoms with Crippen LogP contribution in [0.4, 0.5) is 13.2 Å². The summed E-state index contributed by atoms with van der Waals surface area (Å²) >= 11 is 0. The van der Waals surface area contributed by atoms with Crippen molar-refractivity contribution in [1.29, 1.82) is 0 Å². The molecule has 3 aromatic carbocycles. The van der Waals surface area contributed by atoms with Gasteiger partial charge >= 0.3 is 0 Å². The van der Waals surface area contributed by atoms with Gasteiger partial charge in [-0.3, -0.25) is 0 Å². The number of alkyl halides is 1. The zero-order chi connectivity index (χ0) is 24.6. The second kappa shape index (κ2) is 12.1. The molecule has 1 aliphatic carbocycles. The van der Waals surface area contributed by atoms with Crippen LogP contribution in [-0.2, 0) is 12.8 Å². The molecular weight excluding hydrogens is 445 g/mol. The molecule has 184 valence electrons. The molecule has 0 amide bonds. The Morgan fingerprint density at radius 1 is 0.800 bits per heavy atom. The minimum Gasteiger partial charge on any atom is -0.491 e. The molecule has 0 unspecified atom stereocenters. The molecule has 0 bridgehead atoms. The summed E-state index contributed by atoms with van der Waals surface area (Å²) in [5.74, 6) is -0.677. The van der Waals surface area contributed by atoms with Crippen LogP contribution in [0.5, 0.6) is 5.75 Å². The molecule has 1 nitrogen and oxygen atoms in total. The van der Waals surface area contributed by atoms with Crippen molar-refractivity contribution >= 4 is 0 Å². The molecule has 1 saturated carbocycles. The van der Waals surface area contributed by atoms with Gasteiger partial charge in [0.2, 0.25) is 5.82 Å². The Morgan fingerprint density at radius 3 is 2.09 bits per heavy atom. The normalized spacial score (nSPS) is 18.2. The van der Waals surface area contributed by atoms with Crippen LogP contribution in [0.3, 0.4) is 0 Å². The van der Waals surface area contributed by atoms with E-state index in [1.807, 2.05) is 6.08 Å². The number of allylic oxidation sites excluding steroid dienone is 2. The highest BCUT2D eigenvalue weighted by atomic mass is 19.2. The highest BCUT2D eigenvalue weighted by Gasteiger charge is 2.21. The third kappa shape index (κ3) is 6.36. The predicted molar refractivity (Wildman–Crippen MR) is 137 cm³/mol. The van der Waals surface area contributed by atoms with Gasteiger partial charge in [0.1, 0.15) is 6.67 Å². The summed E-state index contributed by atoms with van der Waals surface area (Å²) in [5, 5.41) is 0. The first-order valence-electron chi connectivity index (χ1n) is 12.6. The number of hydrogen-bond acceptors (Lipinski definition) is 1. The van der Waals surface area contributed by atoms with E-state index in [-0.39, 0.29) is 12.4 Å². The molecule has 0 atom stereocenters. The SMILES string of the molecule is CCOc1ccc(CCc2ccc(-c3ccc(C4CCC(/C=C/CF)CC4)cc3)cc2)c(F)c1F. The topological polar surface area (TPSA) is 9.23 Å². The first-order chi connectivity index (χ1) is 17.1. The average Bonchev–Trinajstić information content (AvgIpc) is 2.90. The summed E-state index contributed by atoms with van der Waals surface area (Å²) < 4.78 is 45.9. The summed E-state index contributed by atoms with van der Waals surface area (Å²) in [6, 6.07) is 20.2. The Bertz CT molecular complexity index is 1110. The van der Waals surface area contributed by atoms with E-state index in [1.54, 1.807) is 19.1 Å². The van der Waals surface area contributed by atoms with Crippen molar-refractivity contribution in [1.82, 2.24) is 0 Å². The van der Waals surface area contributed by atoms with Gasteiger partial charge in [0.05, 0.1) is 6.61 Å². The second-order valence-corrected chi connectivity index (χ2v) is 9.30.